The molecule has 1 saturated carbocycles. The van der Waals surface area contributed by atoms with E-state index < -0.39 is 5.60 Å². The minimum absolute atomic E-state index is 0.0894. The topological polar surface area (TPSA) is 76.5 Å². The molecule has 29 heavy (non-hydrogen) atoms. The van der Waals surface area contributed by atoms with Gasteiger partial charge in [0.15, 0.2) is 5.78 Å². The first-order chi connectivity index (χ1) is 14.1. The summed E-state index contributed by atoms with van der Waals surface area (Å²) < 4.78 is 8.24. The largest absolute Gasteiger partial charge is 0.484 e. The van der Waals surface area contributed by atoms with E-state index in [1.54, 1.807) is 11.0 Å². The SMILES string of the molecule is O=C1CC2(CCN(C(=O)NCc3ccn(C4CCCC4)n3)C2)Oc2ccccc21. The molecule has 152 valence electrons. The maximum absolute atomic E-state index is 12.7. The van der Waals surface area contributed by atoms with Gasteiger partial charge in [-0.1, -0.05) is 25.0 Å². The molecule has 2 amide bonds. The third-order valence-corrected chi connectivity index (χ3v) is 6.38. The van der Waals surface area contributed by atoms with Crippen LogP contribution in [0.2, 0.25) is 0 Å². The molecule has 3 aliphatic rings. The van der Waals surface area contributed by atoms with Crippen LogP contribution < -0.4 is 10.1 Å². The van der Waals surface area contributed by atoms with Crippen LogP contribution in [0.5, 0.6) is 5.75 Å². The smallest absolute Gasteiger partial charge is 0.317 e. The normalized spacial score (nSPS) is 24.0. The Bertz CT molecular complexity index is 934. The number of urea groups is 1. The van der Waals surface area contributed by atoms with Crippen LogP contribution in [0.1, 0.15) is 60.6 Å². The highest BCUT2D eigenvalue weighted by Gasteiger charge is 2.46. The van der Waals surface area contributed by atoms with Gasteiger partial charge in [-0.25, -0.2) is 4.79 Å². The summed E-state index contributed by atoms with van der Waals surface area (Å²) in [5.74, 6) is 0.718. The first-order valence-corrected chi connectivity index (χ1v) is 10.5. The van der Waals surface area contributed by atoms with E-state index >= 15 is 0 Å². The number of hydrogen-bond acceptors (Lipinski definition) is 4. The summed E-state index contributed by atoms with van der Waals surface area (Å²) in [6.45, 7) is 1.41. The predicted molar refractivity (Wildman–Crippen MR) is 107 cm³/mol. The van der Waals surface area contributed by atoms with E-state index in [4.69, 9.17) is 4.74 Å². The number of nitrogens with zero attached hydrogens (tertiary/aromatic N) is 3. The molecule has 0 radical (unpaired) electrons. The number of nitrogens with one attached hydrogen (secondary N) is 1. The van der Waals surface area contributed by atoms with Crippen LogP contribution in [-0.4, -0.2) is 45.2 Å². The molecule has 1 aliphatic carbocycles. The van der Waals surface area contributed by atoms with Gasteiger partial charge in [0.25, 0.3) is 0 Å². The van der Waals surface area contributed by atoms with Crippen LogP contribution >= 0.6 is 0 Å². The number of benzene rings is 1. The molecule has 1 spiro atoms. The number of Topliss-reactive ketones (excluding diaryl/α,β-unsaturated/α-hetero) is 1. The average Bonchev–Trinajstić information content (AvgIpc) is 3.47. The molecular weight excluding hydrogens is 368 g/mol. The van der Waals surface area contributed by atoms with E-state index in [0.717, 1.165) is 5.69 Å². The number of carbonyl (C=O) groups excluding carboxylic acids is 2. The Kier molecular flexibility index (Phi) is 4.53. The summed E-state index contributed by atoms with van der Waals surface area (Å²) in [6.07, 6.45) is 7.90. The molecule has 1 aromatic heterocycles. The minimum atomic E-state index is -0.604. The molecule has 2 fully saturated rings. The van der Waals surface area contributed by atoms with Gasteiger partial charge in [-0.15, -0.1) is 0 Å². The fraction of sp³-hybridized carbons (Fsp3) is 0.500. The number of aromatic nitrogens is 2. The van der Waals surface area contributed by atoms with Crippen molar-refractivity contribution in [3.8, 4) is 5.75 Å². The van der Waals surface area contributed by atoms with E-state index in [-0.39, 0.29) is 11.8 Å². The maximum atomic E-state index is 12.7. The number of hydrogen-bond donors (Lipinski definition) is 1. The van der Waals surface area contributed by atoms with E-state index in [9.17, 15) is 9.59 Å². The third-order valence-electron chi connectivity index (χ3n) is 6.38. The van der Waals surface area contributed by atoms with Crippen LogP contribution in [0.25, 0.3) is 0 Å². The lowest BCUT2D eigenvalue weighted by Gasteiger charge is -2.34. The van der Waals surface area contributed by atoms with Crippen molar-refractivity contribution in [2.45, 2.75) is 56.7 Å². The first kappa shape index (κ1) is 18.2. The lowest BCUT2D eigenvalue weighted by Crippen LogP contribution is -2.47. The number of likely N-dealkylation sites (tertiary alicyclic amines) is 1. The third kappa shape index (κ3) is 3.50. The van der Waals surface area contributed by atoms with Gasteiger partial charge < -0.3 is 15.0 Å². The number of ketones is 1. The first-order valence-electron chi connectivity index (χ1n) is 10.5. The van der Waals surface area contributed by atoms with Crippen LogP contribution in [0, 0.1) is 0 Å². The highest BCUT2D eigenvalue weighted by atomic mass is 16.5. The molecular formula is C22H26N4O3. The Morgan fingerprint density at radius 1 is 1.24 bits per heavy atom. The molecule has 0 bridgehead atoms. The van der Waals surface area contributed by atoms with E-state index in [1.165, 1.54) is 25.7 Å². The van der Waals surface area contributed by atoms with Gasteiger partial charge in [0.2, 0.25) is 0 Å². The lowest BCUT2D eigenvalue weighted by molar-refractivity contribution is 0.0478. The summed E-state index contributed by atoms with van der Waals surface area (Å²) in [5, 5.41) is 7.59. The molecule has 1 unspecified atom stereocenters. The van der Waals surface area contributed by atoms with Gasteiger partial charge in [-0.3, -0.25) is 9.48 Å². The van der Waals surface area contributed by atoms with Gasteiger partial charge in [-0.2, -0.15) is 5.10 Å². The van der Waals surface area contributed by atoms with E-state index in [2.05, 4.69) is 10.4 Å². The fourth-order valence-corrected chi connectivity index (χ4v) is 4.81. The monoisotopic (exact) mass is 394 g/mol. The van der Waals surface area contributed by atoms with Crippen LogP contribution in [-0.2, 0) is 6.54 Å². The number of ether oxygens (including phenoxy) is 1. The summed E-state index contributed by atoms with van der Waals surface area (Å²) in [7, 11) is 0. The summed E-state index contributed by atoms with van der Waals surface area (Å²) in [6, 6.07) is 9.69. The number of fused-ring (bicyclic) bond motifs is 1. The Morgan fingerprint density at radius 2 is 2.07 bits per heavy atom. The zero-order valence-corrected chi connectivity index (χ0v) is 16.5. The second-order valence-electron chi connectivity index (χ2n) is 8.44. The standard InChI is InChI=1S/C22H26N4O3/c27-19-13-22(29-20-8-4-3-7-18(19)20)10-12-25(15-22)21(28)23-14-16-9-11-26(24-16)17-5-1-2-6-17/h3-4,7-9,11,17H,1-2,5-6,10,12-15H2,(H,23,28). The molecule has 7 heteroatoms. The van der Waals surface area contributed by atoms with Gasteiger partial charge in [-0.05, 0) is 31.0 Å². The molecule has 1 atom stereocenters. The lowest BCUT2D eigenvalue weighted by atomic mass is 9.89. The van der Waals surface area contributed by atoms with Crippen molar-refractivity contribution < 1.29 is 14.3 Å². The van der Waals surface area contributed by atoms with Gasteiger partial charge in [0.1, 0.15) is 11.4 Å². The van der Waals surface area contributed by atoms with Crippen molar-refractivity contribution in [1.82, 2.24) is 20.0 Å². The zero-order valence-electron chi connectivity index (χ0n) is 16.5. The predicted octanol–water partition coefficient (Wildman–Crippen LogP) is 3.32. The van der Waals surface area contributed by atoms with E-state index in [0.29, 0.717) is 49.8 Å². The summed E-state index contributed by atoms with van der Waals surface area (Å²) in [4.78, 5) is 27.0. The molecule has 1 N–H and O–H groups in total. The van der Waals surface area contributed by atoms with Gasteiger partial charge >= 0.3 is 6.03 Å². The molecule has 2 aliphatic heterocycles. The summed E-state index contributed by atoms with van der Waals surface area (Å²) >= 11 is 0. The maximum Gasteiger partial charge on any atom is 0.317 e. The Morgan fingerprint density at radius 3 is 2.93 bits per heavy atom. The van der Waals surface area contributed by atoms with Crippen LogP contribution in [0.15, 0.2) is 36.5 Å². The fourth-order valence-electron chi connectivity index (χ4n) is 4.81. The van der Waals surface area contributed by atoms with Crippen LogP contribution in [0.4, 0.5) is 4.79 Å². The van der Waals surface area contributed by atoms with E-state index in [1.807, 2.05) is 35.1 Å². The van der Waals surface area contributed by atoms with Crippen molar-refractivity contribution in [2.75, 3.05) is 13.1 Å². The van der Waals surface area contributed by atoms with Gasteiger partial charge in [0.05, 0.1) is 36.8 Å². The van der Waals surface area contributed by atoms with Crippen LogP contribution in [0.3, 0.4) is 0 Å². The Hall–Kier alpha value is -2.83. The Balaban J connectivity index is 1.19. The minimum Gasteiger partial charge on any atom is -0.484 e. The highest BCUT2D eigenvalue weighted by Crippen LogP contribution is 2.38. The quantitative estimate of drug-likeness (QED) is 0.866. The molecule has 3 heterocycles. The summed E-state index contributed by atoms with van der Waals surface area (Å²) in [5.41, 5.74) is 0.906. The Labute approximate surface area is 170 Å². The van der Waals surface area contributed by atoms with Crippen molar-refractivity contribution in [1.29, 1.82) is 0 Å². The van der Waals surface area contributed by atoms with Crippen molar-refractivity contribution >= 4 is 11.8 Å². The molecule has 1 aromatic carbocycles. The van der Waals surface area contributed by atoms with Crippen molar-refractivity contribution in [2.24, 2.45) is 0 Å². The van der Waals surface area contributed by atoms with Crippen molar-refractivity contribution in [3.05, 3.63) is 47.8 Å². The zero-order chi connectivity index (χ0) is 19.8. The molecule has 1 saturated heterocycles. The molecule has 2 aromatic rings. The van der Waals surface area contributed by atoms with Gasteiger partial charge in [0, 0.05) is 19.2 Å². The second kappa shape index (κ2) is 7.21. The number of amides is 2. The average molecular weight is 394 g/mol. The molecule has 7 nitrogen and oxygen atoms in total. The van der Waals surface area contributed by atoms with Crippen molar-refractivity contribution in [3.63, 3.8) is 0 Å². The number of para-hydroxylation sites is 1. The second-order valence-corrected chi connectivity index (χ2v) is 8.44. The number of carbonyl (C=O) groups is 2. The highest BCUT2D eigenvalue weighted by molar-refractivity contribution is 6.00. The molecule has 5 rings (SSSR count). The number of rotatable bonds is 3.